The van der Waals surface area contributed by atoms with Crippen molar-refractivity contribution in [3.63, 3.8) is 0 Å². The van der Waals surface area contributed by atoms with E-state index in [4.69, 9.17) is 5.73 Å². The van der Waals surface area contributed by atoms with Crippen LogP contribution in [0.15, 0.2) is 18.3 Å². The molecule has 0 unspecified atom stereocenters. The molecular formula is C10H14N4O2. The number of hydrogen-bond donors (Lipinski definition) is 2. The third kappa shape index (κ3) is 2.27. The first-order valence-electron chi connectivity index (χ1n) is 5.22. The Morgan fingerprint density at radius 1 is 1.56 bits per heavy atom. The van der Waals surface area contributed by atoms with Gasteiger partial charge in [0, 0.05) is 18.2 Å². The van der Waals surface area contributed by atoms with Gasteiger partial charge in [-0.2, -0.15) is 0 Å². The highest BCUT2D eigenvalue weighted by Crippen LogP contribution is 2.29. The van der Waals surface area contributed by atoms with Crippen LogP contribution < -0.4 is 11.1 Å². The Bertz CT molecular complexity index is 386. The van der Waals surface area contributed by atoms with Gasteiger partial charge in [0.1, 0.15) is 0 Å². The maximum Gasteiger partial charge on any atom is 0.363 e. The second-order valence-electron chi connectivity index (χ2n) is 4.23. The van der Waals surface area contributed by atoms with Crippen molar-refractivity contribution in [2.75, 3.05) is 11.9 Å². The lowest BCUT2D eigenvalue weighted by molar-refractivity contribution is -0.389. The van der Waals surface area contributed by atoms with Crippen LogP contribution in [0.2, 0.25) is 0 Å². The molecule has 1 heterocycles. The van der Waals surface area contributed by atoms with E-state index in [0.717, 1.165) is 18.5 Å². The molecular weight excluding hydrogens is 208 g/mol. The van der Waals surface area contributed by atoms with Gasteiger partial charge in [-0.25, -0.2) is 0 Å². The molecule has 0 spiro atoms. The van der Waals surface area contributed by atoms with Crippen LogP contribution in [0.1, 0.15) is 19.3 Å². The Labute approximate surface area is 93.0 Å². The Balaban J connectivity index is 1.92. The second kappa shape index (κ2) is 4.05. The van der Waals surface area contributed by atoms with Gasteiger partial charge in [0.05, 0.1) is 5.69 Å². The molecule has 86 valence electrons. The zero-order chi connectivity index (χ0) is 11.6. The molecule has 0 saturated heterocycles. The number of anilines is 1. The minimum absolute atomic E-state index is 0.109. The molecule has 0 aliphatic heterocycles. The van der Waals surface area contributed by atoms with Crippen LogP contribution >= 0.6 is 0 Å². The predicted octanol–water partition coefficient (Wildman–Crippen LogP) is 1.28. The van der Waals surface area contributed by atoms with Crippen LogP contribution in [0.3, 0.4) is 0 Å². The number of hydrogen-bond acceptors (Lipinski definition) is 5. The van der Waals surface area contributed by atoms with E-state index in [1.54, 1.807) is 6.07 Å². The van der Waals surface area contributed by atoms with Crippen molar-refractivity contribution in [3.05, 3.63) is 28.4 Å². The largest absolute Gasteiger partial charge is 0.380 e. The highest BCUT2D eigenvalue weighted by Gasteiger charge is 2.32. The first-order chi connectivity index (χ1) is 7.59. The number of nitrogens with two attached hydrogens (primary N) is 1. The summed E-state index contributed by atoms with van der Waals surface area (Å²) in [6.45, 7) is 0.687. The van der Waals surface area contributed by atoms with Gasteiger partial charge >= 0.3 is 5.82 Å². The zero-order valence-electron chi connectivity index (χ0n) is 8.85. The number of nitro groups is 1. The lowest BCUT2D eigenvalue weighted by Crippen LogP contribution is -2.51. The lowest BCUT2D eigenvalue weighted by Gasteiger charge is -2.38. The third-order valence-electron chi connectivity index (χ3n) is 2.93. The van der Waals surface area contributed by atoms with Crippen LogP contribution in [-0.4, -0.2) is 22.0 Å². The van der Waals surface area contributed by atoms with Gasteiger partial charge in [0.2, 0.25) is 0 Å². The molecule has 0 radical (unpaired) electrons. The van der Waals surface area contributed by atoms with E-state index < -0.39 is 4.92 Å². The van der Waals surface area contributed by atoms with Crippen LogP contribution in [-0.2, 0) is 0 Å². The first-order valence-corrected chi connectivity index (χ1v) is 5.22. The summed E-state index contributed by atoms with van der Waals surface area (Å²) in [7, 11) is 0. The van der Waals surface area contributed by atoms with Gasteiger partial charge in [0.25, 0.3) is 0 Å². The molecule has 1 aromatic rings. The molecule has 1 saturated carbocycles. The molecule has 16 heavy (non-hydrogen) atoms. The number of aromatic nitrogens is 1. The van der Waals surface area contributed by atoms with E-state index >= 15 is 0 Å². The maximum atomic E-state index is 10.4. The summed E-state index contributed by atoms with van der Waals surface area (Å²) >= 11 is 0. The Hall–Kier alpha value is -1.69. The topological polar surface area (TPSA) is 94.1 Å². The smallest absolute Gasteiger partial charge is 0.363 e. The molecule has 0 bridgehead atoms. The normalized spacial score (nSPS) is 17.6. The van der Waals surface area contributed by atoms with Crippen molar-refractivity contribution in [1.29, 1.82) is 0 Å². The lowest BCUT2D eigenvalue weighted by atomic mass is 9.78. The van der Waals surface area contributed by atoms with Gasteiger partial charge in [-0.3, -0.25) is 0 Å². The summed E-state index contributed by atoms with van der Waals surface area (Å²) in [6.07, 6.45) is 4.69. The molecule has 6 heteroatoms. The van der Waals surface area contributed by atoms with E-state index in [1.165, 1.54) is 18.7 Å². The molecule has 0 amide bonds. The summed E-state index contributed by atoms with van der Waals surface area (Å²) in [5.74, 6) is -0.142. The minimum Gasteiger partial charge on any atom is -0.380 e. The molecule has 2 rings (SSSR count). The third-order valence-corrected chi connectivity index (χ3v) is 2.93. The SMILES string of the molecule is NC1(CNc2ccc([N+](=O)[O-])nc2)CCC1. The standard InChI is InChI=1S/C10H14N4O2/c11-10(4-1-5-10)7-13-8-2-3-9(12-6-8)14(15)16/h2-3,6,13H,1,4-5,7,11H2. The fraction of sp³-hybridized carbons (Fsp3) is 0.500. The molecule has 0 atom stereocenters. The average molecular weight is 222 g/mol. The minimum atomic E-state index is -0.514. The van der Waals surface area contributed by atoms with Gasteiger partial charge in [0.15, 0.2) is 6.20 Å². The van der Waals surface area contributed by atoms with Crippen molar-refractivity contribution in [3.8, 4) is 0 Å². The number of rotatable bonds is 4. The van der Waals surface area contributed by atoms with Crippen LogP contribution in [0, 0.1) is 10.1 Å². The molecule has 1 aliphatic rings. The van der Waals surface area contributed by atoms with E-state index in [0.29, 0.717) is 6.54 Å². The van der Waals surface area contributed by atoms with E-state index in [1.807, 2.05) is 0 Å². The number of pyridine rings is 1. The summed E-state index contributed by atoms with van der Waals surface area (Å²) in [5.41, 5.74) is 6.69. The van der Waals surface area contributed by atoms with Crippen LogP contribution in [0.4, 0.5) is 11.5 Å². The molecule has 1 aromatic heterocycles. The zero-order valence-corrected chi connectivity index (χ0v) is 8.85. The van der Waals surface area contributed by atoms with E-state index in [9.17, 15) is 10.1 Å². The highest BCUT2D eigenvalue weighted by atomic mass is 16.6. The molecule has 1 aliphatic carbocycles. The molecule has 6 nitrogen and oxygen atoms in total. The van der Waals surface area contributed by atoms with E-state index in [2.05, 4.69) is 10.3 Å². The maximum absolute atomic E-state index is 10.4. The Kier molecular flexibility index (Phi) is 2.74. The summed E-state index contributed by atoms with van der Waals surface area (Å²) in [6, 6.07) is 3.03. The quantitative estimate of drug-likeness (QED) is 0.591. The molecule has 1 fully saturated rings. The summed E-state index contributed by atoms with van der Waals surface area (Å²) < 4.78 is 0. The second-order valence-corrected chi connectivity index (χ2v) is 4.23. The Morgan fingerprint density at radius 2 is 2.31 bits per heavy atom. The Morgan fingerprint density at radius 3 is 2.75 bits per heavy atom. The van der Waals surface area contributed by atoms with Crippen molar-refractivity contribution < 1.29 is 4.92 Å². The van der Waals surface area contributed by atoms with Gasteiger partial charge < -0.3 is 21.2 Å². The first kappa shape index (κ1) is 10.8. The number of nitrogens with zero attached hydrogens (tertiary/aromatic N) is 2. The fourth-order valence-corrected chi connectivity index (χ4v) is 1.68. The van der Waals surface area contributed by atoms with Crippen molar-refractivity contribution in [2.24, 2.45) is 5.73 Å². The average Bonchev–Trinajstić information content (AvgIpc) is 2.24. The van der Waals surface area contributed by atoms with Crippen molar-refractivity contribution in [2.45, 2.75) is 24.8 Å². The van der Waals surface area contributed by atoms with Crippen molar-refractivity contribution in [1.82, 2.24) is 4.98 Å². The highest BCUT2D eigenvalue weighted by molar-refractivity contribution is 5.43. The van der Waals surface area contributed by atoms with Gasteiger partial charge in [-0.15, -0.1) is 0 Å². The number of nitrogens with one attached hydrogen (secondary N) is 1. The van der Waals surface area contributed by atoms with Crippen LogP contribution in [0.5, 0.6) is 0 Å². The summed E-state index contributed by atoms with van der Waals surface area (Å²) in [4.78, 5) is 13.6. The molecule has 0 aromatic carbocycles. The van der Waals surface area contributed by atoms with Crippen molar-refractivity contribution >= 4 is 11.5 Å². The predicted molar refractivity (Wildman–Crippen MR) is 60.2 cm³/mol. The monoisotopic (exact) mass is 222 g/mol. The van der Waals surface area contributed by atoms with Gasteiger partial charge in [-0.1, -0.05) is 0 Å². The van der Waals surface area contributed by atoms with Crippen LogP contribution in [0.25, 0.3) is 0 Å². The molecule has 3 N–H and O–H groups in total. The summed E-state index contributed by atoms with van der Waals surface area (Å²) in [5, 5.41) is 13.5. The van der Waals surface area contributed by atoms with E-state index in [-0.39, 0.29) is 11.4 Å². The fourth-order valence-electron chi connectivity index (χ4n) is 1.68. The van der Waals surface area contributed by atoms with Gasteiger partial charge in [-0.05, 0) is 35.2 Å².